The van der Waals surface area contributed by atoms with E-state index in [2.05, 4.69) is 9.47 Å². The molecule has 160 valence electrons. The maximum atomic E-state index is 12.7. The smallest absolute Gasteiger partial charge is 0.405 e. The van der Waals surface area contributed by atoms with Crippen LogP contribution in [0.4, 0.5) is 13.6 Å². The first kappa shape index (κ1) is 21.1. The van der Waals surface area contributed by atoms with Crippen LogP contribution in [0.15, 0.2) is 18.2 Å². The average molecular weight is 414 g/mol. The van der Waals surface area contributed by atoms with Crippen molar-refractivity contribution < 1.29 is 37.7 Å². The molecule has 1 saturated carbocycles. The predicted octanol–water partition coefficient (Wildman–Crippen LogP) is 1.85. The van der Waals surface area contributed by atoms with Crippen molar-refractivity contribution in [2.75, 3.05) is 26.4 Å². The number of hydrogen-bond acceptors (Lipinski definition) is 6. The SMILES string of the molecule is NC(=O)OCC(=O)N1CC(c2ccc(OC(F)F)c(OCC3CC3)c2)C[C@H]1CO. The summed E-state index contributed by atoms with van der Waals surface area (Å²) in [7, 11) is 0. The molecule has 2 aliphatic rings. The average Bonchev–Trinajstić information content (AvgIpc) is 3.41. The van der Waals surface area contributed by atoms with Gasteiger partial charge in [0.05, 0.1) is 19.3 Å². The number of alkyl halides is 2. The predicted molar refractivity (Wildman–Crippen MR) is 96.8 cm³/mol. The van der Waals surface area contributed by atoms with Crippen LogP contribution in [0.5, 0.6) is 11.5 Å². The van der Waals surface area contributed by atoms with Gasteiger partial charge in [0, 0.05) is 12.5 Å². The second kappa shape index (κ2) is 9.25. The van der Waals surface area contributed by atoms with Gasteiger partial charge in [0.15, 0.2) is 18.1 Å². The van der Waals surface area contributed by atoms with Gasteiger partial charge >= 0.3 is 12.7 Å². The van der Waals surface area contributed by atoms with E-state index in [1.807, 2.05) is 0 Å². The molecule has 1 unspecified atom stereocenters. The van der Waals surface area contributed by atoms with E-state index in [0.717, 1.165) is 18.4 Å². The highest BCUT2D eigenvalue weighted by Crippen LogP contribution is 2.38. The van der Waals surface area contributed by atoms with E-state index in [-0.39, 0.29) is 30.6 Å². The van der Waals surface area contributed by atoms with Crippen molar-refractivity contribution in [1.82, 2.24) is 4.90 Å². The molecule has 2 amide bonds. The van der Waals surface area contributed by atoms with Crippen molar-refractivity contribution in [2.24, 2.45) is 11.7 Å². The van der Waals surface area contributed by atoms with Gasteiger partial charge in [-0.1, -0.05) is 6.07 Å². The number of amides is 2. The number of aliphatic hydroxyl groups excluding tert-OH is 1. The summed E-state index contributed by atoms with van der Waals surface area (Å²) < 4.78 is 40.2. The third kappa shape index (κ3) is 5.69. The minimum absolute atomic E-state index is 0.0381. The molecule has 1 aliphatic heterocycles. The Morgan fingerprint density at radius 2 is 2.03 bits per heavy atom. The summed E-state index contributed by atoms with van der Waals surface area (Å²) in [6.45, 7) is -3.01. The Morgan fingerprint density at radius 3 is 2.66 bits per heavy atom. The van der Waals surface area contributed by atoms with Crippen molar-refractivity contribution in [3.63, 3.8) is 0 Å². The van der Waals surface area contributed by atoms with Crippen molar-refractivity contribution in [1.29, 1.82) is 0 Å². The second-order valence-corrected chi connectivity index (χ2v) is 7.26. The monoisotopic (exact) mass is 414 g/mol. The molecule has 1 aromatic carbocycles. The van der Waals surface area contributed by atoms with Gasteiger partial charge in [-0.25, -0.2) is 4.79 Å². The molecule has 1 aromatic rings. The van der Waals surface area contributed by atoms with Crippen LogP contribution >= 0.6 is 0 Å². The molecule has 2 atom stereocenters. The zero-order valence-corrected chi connectivity index (χ0v) is 15.8. The summed E-state index contributed by atoms with van der Waals surface area (Å²) in [4.78, 5) is 24.4. The zero-order chi connectivity index (χ0) is 21.0. The fourth-order valence-corrected chi connectivity index (χ4v) is 3.43. The highest BCUT2D eigenvalue weighted by molar-refractivity contribution is 5.80. The van der Waals surface area contributed by atoms with Crippen LogP contribution in [-0.2, 0) is 9.53 Å². The molecule has 2 fully saturated rings. The quantitative estimate of drug-likeness (QED) is 0.638. The topological polar surface area (TPSA) is 111 Å². The lowest BCUT2D eigenvalue weighted by Crippen LogP contribution is -2.40. The standard InChI is InChI=1S/C19H24F2N2O6/c20-18(21)29-15-4-3-12(6-16(15)27-9-11-1-2-11)13-5-14(8-24)23(7-13)17(25)10-28-19(22)26/h3-4,6,11,13-14,18,24H,1-2,5,7-10H2,(H2,22,26)/t13?,14-/m0/s1. The van der Waals surface area contributed by atoms with E-state index in [0.29, 0.717) is 18.9 Å². The van der Waals surface area contributed by atoms with Crippen molar-refractivity contribution >= 4 is 12.0 Å². The molecule has 1 saturated heterocycles. The van der Waals surface area contributed by atoms with Gasteiger partial charge in [-0.05, 0) is 42.9 Å². The first-order chi connectivity index (χ1) is 13.9. The van der Waals surface area contributed by atoms with Gasteiger partial charge in [0.25, 0.3) is 5.91 Å². The Kier molecular flexibility index (Phi) is 6.73. The van der Waals surface area contributed by atoms with Crippen LogP contribution in [0.1, 0.15) is 30.7 Å². The van der Waals surface area contributed by atoms with Gasteiger partial charge in [0.1, 0.15) is 0 Å². The molecule has 0 radical (unpaired) electrons. The summed E-state index contributed by atoms with van der Waals surface area (Å²) in [5, 5.41) is 9.62. The third-order valence-electron chi connectivity index (χ3n) is 5.11. The number of carbonyl (C=O) groups excluding carboxylic acids is 2. The molecule has 29 heavy (non-hydrogen) atoms. The van der Waals surface area contributed by atoms with Crippen LogP contribution < -0.4 is 15.2 Å². The summed E-state index contributed by atoms with van der Waals surface area (Å²) >= 11 is 0. The van der Waals surface area contributed by atoms with E-state index in [1.54, 1.807) is 12.1 Å². The molecule has 3 rings (SSSR count). The Morgan fingerprint density at radius 1 is 1.28 bits per heavy atom. The molecular weight excluding hydrogens is 390 g/mol. The fourth-order valence-electron chi connectivity index (χ4n) is 3.43. The molecule has 0 bridgehead atoms. The van der Waals surface area contributed by atoms with Gasteiger partial charge < -0.3 is 30.0 Å². The van der Waals surface area contributed by atoms with Gasteiger partial charge in [0.2, 0.25) is 0 Å². The number of nitrogens with zero attached hydrogens (tertiary/aromatic N) is 1. The second-order valence-electron chi connectivity index (χ2n) is 7.26. The number of aliphatic hydroxyl groups is 1. The summed E-state index contributed by atoms with van der Waals surface area (Å²) in [5.41, 5.74) is 5.66. The zero-order valence-electron chi connectivity index (χ0n) is 15.8. The number of benzene rings is 1. The van der Waals surface area contributed by atoms with Crippen LogP contribution in [0.25, 0.3) is 0 Å². The fraction of sp³-hybridized carbons (Fsp3) is 0.579. The Hall–Kier alpha value is -2.62. The van der Waals surface area contributed by atoms with E-state index in [4.69, 9.17) is 10.5 Å². The molecule has 0 spiro atoms. The number of ether oxygens (including phenoxy) is 3. The largest absolute Gasteiger partial charge is 0.489 e. The van der Waals surface area contributed by atoms with E-state index in [9.17, 15) is 23.5 Å². The number of hydrogen-bond donors (Lipinski definition) is 2. The summed E-state index contributed by atoms with van der Waals surface area (Å²) in [6.07, 6.45) is 1.52. The highest BCUT2D eigenvalue weighted by Gasteiger charge is 2.36. The molecule has 1 aliphatic carbocycles. The van der Waals surface area contributed by atoms with Crippen molar-refractivity contribution in [3.05, 3.63) is 23.8 Å². The lowest BCUT2D eigenvalue weighted by Gasteiger charge is -2.22. The lowest BCUT2D eigenvalue weighted by atomic mass is 9.96. The molecule has 0 aromatic heterocycles. The number of primary amides is 1. The summed E-state index contributed by atoms with van der Waals surface area (Å²) in [6, 6.07) is 4.27. The third-order valence-corrected chi connectivity index (χ3v) is 5.11. The maximum Gasteiger partial charge on any atom is 0.405 e. The van der Waals surface area contributed by atoms with Crippen LogP contribution in [0.3, 0.4) is 0 Å². The van der Waals surface area contributed by atoms with Gasteiger partial charge in [-0.2, -0.15) is 8.78 Å². The highest BCUT2D eigenvalue weighted by atomic mass is 19.3. The van der Waals surface area contributed by atoms with E-state index >= 15 is 0 Å². The number of carbonyl (C=O) groups is 2. The number of nitrogens with two attached hydrogens (primary N) is 1. The lowest BCUT2D eigenvalue weighted by molar-refractivity contribution is -0.135. The molecule has 10 heteroatoms. The van der Waals surface area contributed by atoms with Crippen LogP contribution in [0, 0.1) is 5.92 Å². The number of likely N-dealkylation sites (tertiary alicyclic amines) is 1. The van der Waals surface area contributed by atoms with Gasteiger partial charge in [-0.15, -0.1) is 0 Å². The Balaban J connectivity index is 1.73. The molecule has 1 heterocycles. The normalized spacial score (nSPS) is 21.3. The van der Waals surface area contributed by atoms with Crippen molar-refractivity contribution in [2.45, 2.75) is 37.8 Å². The van der Waals surface area contributed by atoms with Gasteiger partial charge in [-0.3, -0.25) is 4.79 Å². The molecular formula is C19H24F2N2O6. The molecule has 8 nitrogen and oxygen atoms in total. The minimum Gasteiger partial charge on any atom is -0.489 e. The van der Waals surface area contributed by atoms with E-state index < -0.39 is 31.3 Å². The van der Waals surface area contributed by atoms with Crippen molar-refractivity contribution in [3.8, 4) is 11.5 Å². The Labute approximate surface area is 166 Å². The van der Waals surface area contributed by atoms with Crippen LogP contribution in [0.2, 0.25) is 0 Å². The van der Waals surface area contributed by atoms with E-state index in [1.165, 1.54) is 11.0 Å². The first-order valence-electron chi connectivity index (χ1n) is 9.41. The maximum absolute atomic E-state index is 12.7. The van der Waals surface area contributed by atoms with Crippen LogP contribution in [-0.4, -0.2) is 61.0 Å². The minimum atomic E-state index is -2.97. The number of halogens is 2. The molecule has 3 N–H and O–H groups in total. The Bertz CT molecular complexity index is 743. The first-order valence-corrected chi connectivity index (χ1v) is 9.41. The summed E-state index contributed by atoms with van der Waals surface area (Å²) in [5.74, 6) is 0.0180. The number of rotatable bonds is 9.